The number of methoxy groups -OCH3 is 3. The van der Waals surface area contributed by atoms with Crippen LogP contribution >= 0.6 is 0 Å². The Kier molecular flexibility index (Phi) is 8.87. The molecular weight excluding hydrogens is 475 g/mol. The fourth-order valence-electron chi connectivity index (χ4n) is 3.75. The number of hydrogen-bond acceptors (Lipinski definition) is 9. The Labute approximate surface area is 228 Å². The zero-order valence-corrected chi connectivity index (χ0v) is 22.2. The third-order valence-electron chi connectivity index (χ3n) is 5.50. The van der Waals surface area contributed by atoms with Gasteiger partial charge >= 0.3 is 29.6 Å². The van der Waals surface area contributed by atoms with Crippen LogP contribution < -0.4 is 48.9 Å². The average Bonchev–Trinajstić information content (AvgIpc) is 3.35. The molecule has 0 aliphatic heterocycles. The van der Waals surface area contributed by atoms with Crippen LogP contribution in [0.3, 0.4) is 0 Å². The Morgan fingerprint density at radius 2 is 1.47 bits per heavy atom. The van der Waals surface area contributed by atoms with Crippen LogP contribution in [-0.2, 0) is 11.2 Å². The van der Waals surface area contributed by atoms with Gasteiger partial charge in [0, 0.05) is 23.1 Å². The van der Waals surface area contributed by atoms with Crippen LogP contribution in [0.2, 0.25) is 0 Å². The molecule has 0 saturated heterocycles. The van der Waals surface area contributed by atoms with Crippen LogP contribution in [0.25, 0.3) is 16.6 Å². The van der Waals surface area contributed by atoms with Crippen molar-refractivity contribution in [2.24, 2.45) is 0 Å². The van der Waals surface area contributed by atoms with Crippen molar-refractivity contribution < 1.29 is 63.1 Å². The summed E-state index contributed by atoms with van der Waals surface area (Å²) in [7, 11) is 4.52. The Hall–Kier alpha value is -3.66. The van der Waals surface area contributed by atoms with Crippen molar-refractivity contribution in [2.75, 3.05) is 21.3 Å². The molecule has 0 aliphatic rings. The van der Waals surface area contributed by atoms with Crippen molar-refractivity contribution in [3.8, 4) is 17.2 Å². The quantitative estimate of drug-likeness (QED) is 0.177. The number of benzene rings is 3. The SMILES string of the molecule is COc1ccc(C(=O)C(Cc2ccc(OC)c(OC)c2)=C(C(=O)[O-])c2ccc3nonc3c2)cc1.[Na+]. The summed E-state index contributed by atoms with van der Waals surface area (Å²) in [6, 6.07) is 16.1. The van der Waals surface area contributed by atoms with E-state index in [2.05, 4.69) is 10.3 Å². The van der Waals surface area contributed by atoms with E-state index in [4.69, 9.17) is 18.8 Å². The number of carbonyl (C=O) groups excluding carboxylic acids is 2. The third-order valence-corrected chi connectivity index (χ3v) is 5.50. The summed E-state index contributed by atoms with van der Waals surface area (Å²) in [4.78, 5) is 26.1. The summed E-state index contributed by atoms with van der Waals surface area (Å²) in [5, 5.41) is 19.9. The monoisotopic (exact) mass is 496 g/mol. The molecule has 3 aromatic carbocycles. The maximum absolute atomic E-state index is 13.7. The predicted molar refractivity (Wildman–Crippen MR) is 124 cm³/mol. The van der Waals surface area contributed by atoms with Gasteiger partial charge in [0.05, 0.1) is 27.3 Å². The van der Waals surface area contributed by atoms with Gasteiger partial charge in [0.2, 0.25) is 0 Å². The molecule has 4 aromatic rings. The first-order chi connectivity index (χ1) is 16.9. The van der Waals surface area contributed by atoms with Gasteiger partial charge in [-0.1, -0.05) is 12.1 Å². The Bertz CT molecular complexity index is 1430. The standard InChI is InChI=1S/C26H22N2O7.Na/c1-32-18-8-5-16(6-9-18)25(29)19(12-15-4-11-22(33-2)23(13-15)34-3)24(26(30)31)17-7-10-20-21(14-17)28-35-27-20;/h4-11,13-14H,12H2,1-3H3,(H,30,31);/q;+1/p-1. The number of allylic oxidation sites excluding steroid dienone is 1. The second kappa shape index (κ2) is 11.9. The van der Waals surface area contributed by atoms with Crippen LogP contribution in [0.15, 0.2) is 70.9 Å². The zero-order valence-electron chi connectivity index (χ0n) is 20.2. The van der Waals surface area contributed by atoms with Gasteiger partial charge in [-0.05, 0) is 70.0 Å². The van der Waals surface area contributed by atoms with Gasteiger partial charge < -0.3 is 24.1 Å². The molecule has 1 aromatic heterocycles. The van der Waals surface area contributed by atoms with Crippen molar-refractivity contribution in [3.63, 3.8) is 0 Å². The first kappa shape index (κ1) is 26.9. The summed E-state index contributed by atoms with van der Waals surface area (Å²) >= 11 is 0. The van der Waals surface area contributed by atoms with E-state index in [1.165, 1.54) is 33.5 Å². The maximum atomic E-state index is 13.7. The first-order valence-electron chi connectivity index (χ1n) is 10.5. The molecule has 0 saturated carbocycles. The number of hydrogen-bond donors (Lipinski definition) is 0. The minimum atomic E-state index is -1.50. The molecule has 0 N–H and O–H groups in total. The number of aliphatic carboxylic acids is 1. The molecule has 0 fully saturated rings. The van der Waals surface area contributed by atoms with Gasteiger partial charge in [0.25, 0.3) is 0 Å². The second-order valence-electron chi connectivity index (χ2n) is 7.53. The van der Waals surface area contributed by atoms with Crippen molar-refractivity contribution in [3.05, 3.63) is 82.9 Å². The molecule has 0 radical (unpaired) electrons. The minimum Gasteiger partial charge on any atom is -0.545 e. The van der Waals surface area contributed by atoms with E-state index in [1.54, 1.807) is 48.5 Å². The molecule has 9 nitrogen and oxygen atoms in total. The van der Waals surface area contributed by atoms with Gasteiger partial charge in [-0.2, -0.15) is 0 Å². The number of aromatic nitrogens is 2. The van der Waals surface area contributed by atoms with Crippen LogP contribution in [0, 0.1) is 0 Å². The van der Waals surface area contributed by atoms with Gasteiger partial charge in [-0.3, -0.25) is 4.79 Å². The largest absolute Gasteiger partial charge is 1.00 e. The fourth-order valence-corrected chi connectivity index (χ4v) is 3.75. The number of carboxylic acid groups (broad SMARTS) is 1. The molecule has 4 rings (SSSR count). The number of carbonyl (C=O) groups is 2. The van der Waals surface area contributed by atoms with Crippen molar-refractivity contribution >= 4 is 28.4 Å². The molecule has 1 heterocycles. The van der Waals surface area contributed by atoms with Crippen LogP contribution in [0.4, 0.5) is 0 Å². The number of ketones is 1. The maximum Gasteiger partial charge on any atom is 1.00 e. The molecule has 178 valence electrons. The number of rotatable bonds is 9. The molecule has 36 heavy (non-hydrogen) atoms. The molecule has 10 heteroatoms. The fraction of sp³-hybridized carbons (Fsp3) is 0.154. The Balaban J connectivity index is 0.00000361. The number of fused-ring (bicyclic) bond motifs is 1. The summed E-state index contributed by atoms with van der Waals surface area (Å²) in [5.74, 6) is -0.451. The second-order valence-corrected chi connectivity index (χ2v) is 7.53. The van der Waals surface area contributed by atoms with Gasteiger partial charge in [0.15, 0.2) is 17.3 Å². The summed E-state index contributed by atoms with van der Waals surface area (Å²) in [6.45, 7) is 0. The molecule has 0 unspecified atom stereocenters. The van der Waals surface area contributed by atoms with E-state index < -0.39 is 11.8 Å². The van der Waals surface area contributed by atoms with Crippen molar-refractivity contribution in [1.29, 1.82) is 0 Å². The summed E-state index contributed by atoms with van der Waals surface area (Å²) in [6.07, 6.45) is -0.0103. The number of ether oxygens (including phenoxy) is 3. The van der Waals surface area contributed by atoms with E-state index in [0.717, 1.165) is 0 Å². The van der Waals surface area contributed by atoms with Gasteiger partial charge in [-0.25, -0.2) is 4.63 Å². The average molecular weight is 496 g/mol. The molecule has 0 bridgehead atoms. The van der Waals surface area contributed by atoms with Gasteiger partial charge in [0.1, 0.15) is 16.8 Å². The number of nitrogens with zero attached hydrogens (tertiary/aromatic N) is 2. The Morgan fingerprint density at radius 1 is 0.806 bits per heavy atom. The number of carboxylic acids is 1. The van der Waals surface area contributed by atoms with E-state index in [-0.39, 0.29) is 52.7 Å². The van der Waals surface area contributed by atoms with E-state index in [9.17, 15) is 14.7 Å². The van der Waals surface area contributed by atoms with Crippen LogP contribution in [0.5, 0.6) is 17.2 Å². The minimum absolute atomic E-state index is 0. The molecule has 0 atom stereocenters. The summed E-state index contributed by atoms with van der Waals surface area (Å²) < 4.78 is 20.5. The van der Waals surface area contributed by atoms with Crippen LogP contribution in [0.1, 0.15) is 21.5 Å². The predicted octanol–water partition coefficient (Wildman–Crippen LogP) is -0.118. The van der Waals surface area contributed by atoms with Crippen molar-refractivity contribution in [2.45, 2.75) is 6.42 Å². The first-order valence-corrected chi connectivity index (χ1v) is 10.5. The van der Waals surface area contributed by atoms with Crippen LogP contribution in [-0.4, -0.2) is 43.4 Å². The summed E-state index contributed by atoms with van der Waals surface area (Å²) in [5.41, 5.74) is 1.75. The molecular formula is C26H21N2NaO7. The third kappa shape index (κ3) is 5.59. The van der Waals surface area contributed by atoms with Gasteiger partial charge in [-0.15, -0.1) is 0 Å². The van der Waals surface area contributed by atoms with E-state index in [1.807, 2.05) is 0 Å². The molecule has 0 aliphatic carbocycles. The molecule has 0 spiro atoms. The topological polar surface area (TPSA) is 124 Å². The van der Waals surface area contributed by atoms with Crippen molar-refractivity contribution in [1.82, 2.24) is 10.3 Å². The van der Waals surface area contributed by atoms with E-state index >= 15 is 0 Å². The number of Topliss-reactive ketones (excluding diaryl/α,β-unsaturated/α-hetero) is 1. The molecule has 0 amide bonds. The van der Waals surface area contributed by atoms with E-state index in [0.29, 0.717) is 39.4 Å². The zero-order chi connectivity index (χ0) is 24.9. The normalized spacial score (nSPS) is 11.3. The Morgan fingerprint density at radius 3 is 2.11 bits per heavy atom. The smallest absolute Gasteiger partial charge is 0.545 e.